The van der Waals surface area contributed by atoms with Crippen LogP contribution in [-0.4, -0.2) is 18.6 Å². The number of anilines is 1. The van der Waals surface area contributed by atoms with Gasteiger partial charge in [-0.2, -0.15) is 4.98 Å². The lowest BCUT2D eigenvalue weighted by molar-refractivity contribution is 0.362. The molecule has 0 unspecified atom stereocenters. The van der Waals surface area contributed by atoms with Gasteiger partial charge in [-0.15, -0.1) is 0 Å². The van der Waals surface area contributed by atoms with E-state index in [4.69, 9.17) is 9.47 Å². The van der Waals surface area contributed by atoms with Crippen molar-refractivity contribution in [1.82, 2.24) is 4.98 Å². The second-order valence-electron chi connectivity index (χ2n) is 4.39. The Morgan fingerprint density at radius 2 is 1.90 bits per heavy atom. The van der Waals surface area contributed by atoms with E-state index in [1.54, 1.807) is 25.1 Å². The van der Waals surface area contributed by atoms with E-state index in [9.17, 15) is 8.78 Å². The van der Waals surface area contributed by atoms with Crippen molar-refractivity contribution in [3.63, 3.8) is 0 Å². The second kappa shape index (κ2) is 6.39. The molecule has 0 atom stereocenters. The van der Waals surface area contributed by atoms with Gasteiger partial charge in [-0.1, -0.05) is 6.07 Å². The molecule has 4 nitrogen and oxygen atoms in total. The lowest BCUT2D eigenvalue weighted by atomic mass is 10.2. The first-order valence-electron chi connectivity index (χ1n) is 6.47. The van der Waals surface area contributed by atoms with Gasteiger partial charge in [-0.05, 0) is 31.5 Å². The summed E-state index contributed by atoms with van der Waals surface area (Å²) < 4.78 is 37.9. The molecule has 0 aliphatic heterocycles. The predicted molar refractivity (Wildman–Crippen MR) is 76.1 cm³/mol. The number of nitrogens with zero attached hydrogens (tertiary/aromatic N) is 1. The molecule has 1 aromatic carbocycles. The van der Waals surface area contributed by atoms with Gasteiger partial charge < -0.3 is 14.8 Å². The Kier molecular flexibility index (Phi) is 4.57. The zero-order chi connectivity index (χ0) is 15.4. The van der Waals surface area contributed by atoms with Crippen LogP contribution in [0.25, 0.3) is 0 Å². The molecular formula is C15H16F2N2O2. The van der Waals surface area contributed by atoms with E-state index in [2.05, 4.69) is 10.3 Å². The molecule has 1 heterocycles. The lowest BCUT2D eigenvalue weighted by Gasteiger charge is -2.12. The number of aryl methyl sites for hydroxylation is 1. The van der Waals surface area contributed by atoms with E-state index in [1.165, 1.54) is 7.11 Å². The minimum atomic E-state index is -0.878. The number of hydrogen-bond donors (Lipinski definition) is 1. The number of hydrogen-bond acceptors (Lipinski definition) is 4. The van der Waals surface area contributed by atoms with Crippen LogP contribution in [0.15, 0.2) is 24.3 Å². The lowest BCUT2D eigenvalue weighted by Crippen LogP contribution is -2.05. The molecule has 112 valence electrons. The molecule has 0 radical (unpaired) electrons. The minimum absolute atomic E-state index is 0.0556. The summed E-state index contributed by atoms with van der Waals surface area (Å²) in [5.41, 5.74) is 0.972. The highest BCUT2D eigenvalue weighted by molar-refractivity contribution is 5.46. The minimum Gasteiger partial charge on any atom is -0.493 e. The molecule has 0 aliphatic rings. The Labute approximate surface area is 121 Å². The van der Waals surface area contributed by atoms with Crippen LogP contribution in [0.1, 0.15) is 12.5 Å². The fourth-order valence-corrected chi connectivity index (χ4v) is 1.78. The van der Waals surface area contributed by atoms with Crippen molar-refractivity contribution >= 4 is 5.82 Å². The zero-order valence-electron chi connectivity index (χ0n) is 12.0. The molecule has 0 amide bonds. The van der Waals surface area contributed by atoms with Gasteiger partial charge in [0.1, 0.15) is 0 Å². The summed E-state index contributed by atoms with van der Waals surface area (Å²) in [5, 5.41) is 2.70. The summed E-state index contributed by atoms with van der Waals surface area (Å²) in [6.07, 6.45) is 0. The van der Waals surface area contributed by atoms with Gasteiger partial charge in [0.25, 0.3) is 5.88 Å². The van der Waals surface area contributed by atoms with Crippen LogP contribution >= 0.6 is 0 Å². The number of ether oxygens (including phenoxy) is 2. The molecule has 1 aromatic heterocycles. The molecule has 0 saturated heterocycles. The Morgan fingerprint density at radius 3 is 2.57 bits per heavy atom. The highest BCUT2D eigenvalue weighted by atomic mass is 19.1. The van der Waals surface area contributed by atoms with Crippen LogP contribution in [-0.2, 0) is 0 Å². The monoisotopic (exact) mass is 294 g/mol. The zero-order valence-corrected chi connectivity index (χ0v) is 12.0. The molecule has 0 spiro atoms. The Morgan fingerprint density at radius 1 is 1.14 bits per heavy atom. The Hall–Kier alpha value is -2.37. The van der Waals surface area contributed by atoms with Gasteiger partial charge in [0.15, 0.2) is 29.0 Å². The molecule has 0 fully saturated rings. The summed E-state index contributed by atoms with van der Waals surface area (Å²) in [5.74, 6) is -1.25. The summed E-state index contributed by atoms with van der Waals surface area (Å²) in [6, 6.07) is 5.93. The van der Waals surface area contributed by atoms with Crippen molar-refractivity contribution in [3.8, 4) is 17.4 Å². The van der Waals surface area contributed by atoms with E-state index in [0.717, 1.165) is 11.6 Å². The van der Waals surface area contributed by atoms with E-state index in [1.807, 2.05) is 6.92 Å². The van der Waals surface area contributed by atoms with Crippen LogP contribution in [0.3, 0.4) is 0 Å². The number of nitrogens with one attached hydrogen (secondary N) is 1. The van der Waals surface area contributed by atoms with Crippen molar-refractivity contribution in [1.29, 1.82) is 0 Å². The van der Waals surface area contributed by atoms with Gasteiger partial charge in [0.05, 0.1) is 7.11 Å². The van der Waals surface area contributed by atoms with Crippen molar-refractivity contribution in [3.05, 3.63) is 41.5 Å². The third kappa shape index (κ3) is 3.39. The maximum absolute atomic E-state index is 13.8. The van der Waals surface area contributed by atoms with Gasteiger partial charge >= 0.3 is 0 Å². The van der Waals surface area contributed by atoms with Crippen LogP contribution in [0.2, 0.25) is 0 Å². The van der Waals surface area contributed by atoms with E-state index < -0.39 is 11.6 Å². The molecule has 1 N–H and O–H groups in total. The van der Waals surface area contributed by atoms with E-state index >= 15 is 0 Å². The third-order valence-electron chi connectivity index (χ3n) is 2.77. The highest BCUT2D eigenvalue weighted by Crippen LogP contribution is 2.33. The number of aromatic nitrogens is 1. The van der Waals surface area contributed by atoms with Gasteiger partial charge in [-0.3, -0.25) is 0 Å². The normalized spacial score (nSPS) is 10.3. The Bertz CT molecular complexity index is 648. The Balaban J connectivity index is 2.37. The fourth-order valence-electron chi connectivity index (χ4n) is 1.78. The van der Waals surface area contributed by atoms with Crippen molar-refractivity contribution < 1.29 is 18.3 Å². The van der Waals surface area contributed by atoms with Crippen molar-refractivity contribution in [2.75, 3.05) is 19.0 Å². The van der Waals surface area contributed by atoms with Crippen molar-refractivity contribution in [2.45, 2.75) is 13.8 Å². The fraction of sp³-hybridized carbons (Fsp3) is 0.267. The summed E-state index contributed by atoms with van der Waals surface area (Å²) >= 11 is 0. The number of rotatable bonds is 5. The molecule has 0 saturated carbocycles. The first kappa shape index (κ1) is 15.0. The maximum Gasteiger partial charge on any atom is 0.258 e. The average Bonchev–Trinajstić information content (AvgIpc) is 2.45. The number of pyridine rings is 1. The smallest absolute Gasteiger partial charge is 0.258 e. The second-order valence-corrected chi connectivity index (χ2v) is 4.39. The first-order chi connectivity index (χ1) is 10.0. The maximum atomic E-state index is 13.8. The summed E-state index contributed by atoms with van der Waals surface area (Å²) in [6.45, 7) is 4.14. The molecule has 0 aliphatic carbocycles. The van der Waals surface area contributed by atoms with Crippen LogP contribution < -0.4 is 14.8 Å². The molecule has 2 rings (SSSR count). The van der Waals surface area contributed by atoms with Gasteiger partial charge in [0.2, 0.25) is 0 Å². The predicted octanol–water partition coefficient (Wildman–Crippen LogP) is 3.90. The SMILES string of the molecule is CCNc1nc(Oc2ccc(C)cc2OC)c(F)cc1F. The molecule has 0 bridgehead atoms. The topological polar surface area (TPSA) is 43.4 Å². The highest BCUT2D eigenvalue weighted by Gasteiger charge is 2.15. The van der Waals surface area contributed by atoms with Crippen LogP contribution in [0.4, 0.5) is 14.6 Å². The number of halogens is 2. The number of methoxy groups -OCH3 is 1. The summed E-state index contributed by atoms with van der Waals surface area (Å²) in [7, 11) is 1.49. The standard InChI is InChI=1S/C15H16F2N2O2/c1-4-18-14-10(16)8-11(17)15(19-14)21-12-6-5-9(2)7-13(12)20-3/h5-8H,4H2,1-3H3,(H,18,19). The van der Waals surface area contributed by atoms with E-state index in [-0.39, 0.29) is 11.7 Å². The first-order valence-corrected chi connectivity index (χ1v) is 6.47. The molecule has 21 heavy (non-hydrogen) atoms. The molecule has 2 aromatic rings. The van der Waals surface area contributed by atoms with Crippen LogP contribution in [0.5, 0.6) is 17.4 Å². The van der Waals surface area contributed by atoms with Crippen molar-refractivity contribution in [2.24, 2.45) is 0 Å². The third-order valence-corrected chi connectivity index (χ3v) is 2.77. The van der Waals surface area contributed by atoms with Crippen LogP contribution in [0, 0.1) is 18.6 Å². The average molecular weight is 294 g/mol. The van der Waals surface area contributed by atoms with Gasteiger partial charge in [-0.25, -0.2) is 8.78 Å². The largest absolute Gasteiger partial charge is 0.493 e. The number of benzene rings is 1. The van der Waals surface area contributed by atoms with E-state index in [0.29, 0.717) is 18.0 Å². The summed E-state index contributed by atoms with van der Waals surface area (Å²) in [4.78, 5) is 3.82. The van der Waals surface area contributed by atoms with Gasteiger partial charge in [0, 0.05) is 12.6 Å². The quantitative estimate of drug-likeness (QED) is 0.908. The molecule has 6 heteroatoms. The molecular weight excluding hydrogens is 278 g/mol.